The number of aromatic amines is 1. The molecular formula is C16H12Br2N2. The van der Waals surface area contributed by atoms with E-state index >= 15 is 0 Å². The fourth-order valence-corrected chi connectivity index (χ4v) is 2.55. The minimum atomic E-state index is 0.809. The molecule has 0 aliphatic carbocycles. The molecule has 1 heterocycles. The molecule has 0 saturated carbocycles. The minimum Gasteiger partial charge on any atom is -0.342 e. The van der Waals surface area contributed by atoms with Crippen LogP contribution in [-0.4, -0.2) is 9.97 Å². The monoisotopic (exact) mass is 390 g/mol. The second-order valence-corrected chi connectivity index (χ2v) is 6.39. The third kappa shape index (κ3) is 3.19. The lowest BCUT2D eigenvalue weighted by Crippen LogP contribution is -1.90. The number of aromatic nitrogens is 2. The number of benzene rings is 2. The fourth-order valence-electron chi connectivity index (χ4n) is 2.02. The van der Waals surface area contributed by atoms with Crippen LogP contribution in [0.2, 0.25) is 0 Å². The Kier molecular flexibility index (Phi) is 4.03. The summed E-state index contributed by atoms with van der Waals surface area (Å²) in [5, 5.41) is 0. The Bertz CT molecular complexity index is 700. The molecule has 0 spiro atoms. The number of halogens is 2. The normalized spacial score (nSPS) is 10.7. The number of nitrogens with zero attached hydrogens (tertiary/aromatic N) is 1. The lowest BCUT2D eigenvalue weighted by molar-refractivity contribution is 1.03. The van der Waals surface area contributed by atoms with E-state index in [2.05, 4.69) is 66.1 Å². The van der Waals surface area contributed by atoms with Gasteiger partial charge in [0.25, 0.3) is 0 Å². The van der Waals surface area contributed by atoms with Gasteiger partial charge >= 0.3 is 0 Å². The van der Waals surface area contributed by atoms with Crippen LogP contribution in [0, 0.1) is 0 Å². The molecule has 3 rings (SSSR count). The molecule has 20 heavy (non-hydrogen) atoms. The van der Waals surface area contributed by atoms with Gasteiger partial charge in [-0.1, -0.05) is 56.1 Å². The highest BCUT2D eigenvalue weighted by atomic mass is 79.9. The van der Waals surface area contributed by atoms with E-state index in [1.54, 1.807) is 0 Å². The Morgan fingerprint density at radius 2 is 1.45 bits per heavy atom. The predicted molar refractivity (Wildman–Crippen MR) is 88.7 cm³/mol. The second-order valence-electron chi connectivity index (χ2n) is 4.55. The Balaban J connectivity index is 1.80. The number of hydrogen-bond acceptors (Lipinski definition) is 1. The van der Waals surface area contributed by atoms with Gasteiger partial charge < -0.3 is 4.98 Å². The van der Waals surface area contributed by atoms with Gasteiger partial charge in [0.05, 0.1) is 11.9 Å². The maximum atomic E-state index is 4.45. The third-order valence-electron chi connectivity index (χ3n) is 3.07. The second kappa shape index (κ2) is 5.94. The summed E-state index contributed by atoms with van der Waals surface area (Å²) < 4.78 is 2.17. The van der Waals surface area contributed by atoms with Gasteiger partial charge in [0.1, 0.15) is 5.82 Å². The standard InChI is InChI=1S/C16H12Br2N2/c17-13-5-1-11(2-6-13)9-16-19-10-15(20-16)12-3-7-14(18)8-4-12/h1-8,10H,9H2,(H,19,20). The van der Waals surface area contributed by atoms with Gasteiger partial charge in [0.15, 0.2) is 0 Å². The number of H-pyrrole nitrogens is 1. The Hall–Kier alpha value is -1.39. The average Bonchev–Trinajstić information content (AvgIpc) is 2.91. The zero-order valence-corrected chi connectivity index (χ0v) is 13.8. The lowest BCUT2D eigenvalue weighted by atomic mass is 10.1. The maximum absolute atomic E-state index is 4.45. The largest absolute Gasteiger partial charge is 0.342 e. The molecule has 1 N–H and O–H groups in total. The summed E-state index contributed by atoms with van der Waals surface area (Å²) in [6.07, 6.45) is 2.70. The molecule has 0 aliphatic heterocycles. The summed E-state index contributed by atoms with van der Waals surface area (Å²) >= 11 is 6.89. The summed E-state index contributed by atoms with van der Waals surface area (Å²) in [4.78, 5) is 7.83. The topological polar surface area (TPSA) is 28.7 Å². The molecule has 100 valence electrons. The first-order valence-corrected chi connectivity index (χ1v) is 7.83. The molecule has 0 unspecified atom stereocenters. The van der Waals surface area contributed by atoms with Crippen molar-refractivity contribution in [3.63, 3.8) is 0 Å². The van der Waals surface area contributed by atoms with E-state index in [4.69, 9.17) is 0 Å². The van der Waals surface area contributed by atoms with Gasteiger partial charge in [-0.15, -0.1) is 0 Å². The van der Waals surface area contributed by atoms with Gasteiger partial charge in [-0.25, -0.2) is 4.98 Å². The molecular weight excluding hydrogens is 380 g/mol. The van der Waals surface area contributed by atoms with Crippen LogP contribution in [0.5, 0.6) is 0 Å². The molecule has 0 radical (unpaired) electrons. The first kappa shape index (κ1) is 13.6. The molecule has 2 nitrogen and oxygen atoms in total. The molecule has 0 fully saturated rings. The first-order chi connectivity index (χ1) is 9.70. The quantitative estimate of drug-likeness (QED) is 0.653. The summed E-state index contributed by atoms with van der Waals surface area (Å²) in [7, 11) is 0. The number of hydrogen-bond donors (Lipinski definition) is 1. The highest BCUT2D eigenvalue weighted by Gasteiger charge is 2.04. The van der Waals surface area contributed by atoms with Crippen molar-refractivity contribution in [3.05, 3.63) is 75.1 Å². The minimum absolute atomic E-state index is 0.809. The van der Waals surface area contributed by atoms with Crippen LogP contribution < -0.4 is 0 Å². The summed E-state index contributed by atoms with van der Waals surface area (Å²) in [5.41, 5.74) is 3.43. The van der Waals surface area contributed by atoms with Crippen LogP contribution >= 0.6 is 31.9 Å². The van der Waals surface area contributed by atoms with Crippen molar-refractivity contribution in [2.24, 2.45) is 0 Å². The number of nitrogens with one attached hydrogen (secondary N) is 1. The van der Waals surface area contributed by atoms with Crippen molar-refractivity contribution < 1.29 is 0 Å². The fraction of sp³-hybridized carbons (Fsp3) is 0.0625. The highest BCUT2D eigenvalue weighted by molar-refractivity contribution is 9.10. The lowest BCUT2D eigenvalue weighted by Gasteiger charge is -1.99. The Labute approximate surface area is 134 Å². The Morgan fingerprint density at radius 1 is 0.850 bits per heavy atom. The summed E-state index contributed by atoms with van der Waals surface area (Å²) in [6, 6.07) is 16.5. The van der Waals surface area contributed by atoms with Crippen molar-refractivity contribution in [2.45, 2.75) is 6.42 Å². The van der Waals surface area contributed by atoms with Gasteiger partial charge in [-0.05, 0) is 35.4 Å². The van der Waals surface area contributed by atoms with E-state index in [1.807, 2.05) is 30.5 Å². The van der Waals surface area contributed by atoms with Crippen LogP contribution in [0.25, 0.3) is 11.3 Å². The molecule has 3 aromatic rings. The molecule has 2 aromatic carbocycles. The van der Waals surface area contributed by atoms with Crippen molar-refractivity contribution in [1.82, 2.24) is 9.97 Å². The van der Waals surface area contributed by atoms with E-state index in [1.165, 1.54) is 5.56 Å². The van der Waals surface area contributed by atoms with E-state index in [9.17, 15) is 0 Å². The first-order valence-electron chi connectivity index (χ1n) is 6.25. The molecule has 4 heteroatoms. The molecule has 0 bridgehead atoms. The van der Waals surface area contributed by atoms with Crippen molar-refractivity contribution in [3.8, 4) is 11.3 Å². The number of rotatable bonds is 3. The third-order valence-corrected chi connectivity index (χ3v) is 4.13. The van der Waals surface area contributed by atoms with E-state index in [0.29, 0.717) is 0 Å². The van der Waals surface area contributed by atoms with Gasteiger partial charge in [0, 0.05) is 15.4 Å². The highest BCUT2D eigenvalue weighted by Crippen LogP contribution is 2.21. The predicted octanol–water partition coefficient (Wildman–Crippen LogP) is 5.19. The maximum Gasteiger partial charge on any atom is 0.110 e. The van der Waals surface area contributed by atoms with Gasteiger partial charge in [-0.2, -0.15) is 0 Å². The van der Waals surface area contributed by atoms with Crippen LogP contribution in [0.4, 0.5) is 0 Å². The zero-order chi connectivity index (χ0) is 13.9. The molecule has 1 aromatic heterocycles. The van der Waals surface area contributed by atoms with Crippen molar-refractivity contribution in [2.75, 3.05) is 0 Å². The summed E-state index contributed by atoms with van der Waals surface area (Å²) in [5.74, 6) is 0.977. The van der Waals surface area contributed by atoms with E-state index in [-0.39, 0.29) is 0 Å². The van der Waals surface area contributed by atoms with Gasteiger partial charge in [0.2, 0.25) is 0 Å². The van der Waals surface area contributed by atoms with Crippen molar-refractivity contribution >= 4 is 31.9 Å². The van der Waals surface area contributed by atoms with Crippen LogP contribution in [0.15, 0.2) is 63.7 Å². The average molecular weight is 392 g/mol. The van der Waals surface area contributed by atoms with E-state index < -0.39 is 0 Å². The summed E-state index contributed by atoms with van der Waals surface area (Å²) in [6.45, 7) is 0. The number of imidazole rings is 1. The smallest absolute Gasteiger partial charge is 0.110 e. The van der Waals surface area contributed by atoms with Gasteiger partial charge in [-0.3, -0.25) is 0 Å². The van der Waals surface area contributed by atoms with Crippen LogP contribution in [0.1, 0.15) is 11.4 Å². The molecule has 0 aliphatic rings. The molecule has 0 amide bonds. The van der Waals surface area contributed by atoms with Crippen molar-refractivity contribution in [1.29, 1.82) is 0 Å². The molecule has 0 atom stereocenters. The SMILES string of the molecule is Brc1ccc(Cc2ncc(-c3ccc(Br)cc3)[nH]2)cc1. The van der Waals surface area contributed by atoms with E-state index in [0.717, 1.165) is 32.4 Å². The molecule has 0 saturated heterocycles. The Morgan fingerprint density at radius 3 is 2.10 bits per heavy atom. The zero-order valence-electron chi connectivity index (χ0n) is 10.6. The van der Waals surface area contributed by atoms with Crippen LogP contribution in [0.3, 0.4) is 0 Å². The van der Waals surface area contributed by atoms with Crippen LogP contribution in [-0.2, 0) is 6.42 Å².